The van der Waals surface area contributed by atoms with Crippen LogP contribution in [0.5, 0.6) is 23.0 Å². The number of benzene rings is 20. The quantitative estimate of drug-likeness (QED) is 0.136. The molecule has 0 aromatic heterocycles. The van der Waals surface area contributed by atoms with Gasteiger partial charge in [-0.3, -0.25) is 0 Å². The second kappa shape index (κ2) is 28.3. The van der Waals surface area contributed by atoms with Crippen LogP contribution >= 0.6 is 0 Å². The van der Waals surface area contributed by atoms with Crippen molar-refractivity contribution in [1.29, 1.82) is 0 Å². The van der Waals surface area contributed by atoms with Gasteiger partial charge in [-0.2, -0.15) is 0 Å². The van der Waals surface area contributed by atoms with E-state index in [1.165, 1.54) is 66.8 Å². The second-order valence-electron chi connectivity index (χ2n) is 34.2. The van der Waals surface area contributed by atoms with Crippen LogP contribution in [0.2, 0.25) is 0 Å². The average Bonchev–Trinajstić information content (AvgIpc) is 1.44. The third-order valence-electron chi connectivity index (χ3n) is 28.0. The summed E-state index contributed by atoms with van der Waals surface area (Å²) in [7, 11) is 0. The maximum absolute atomic E-state index is 7.23. The molecule has 3 spiro atoms. The molecular formula is C123H78N2O2. The molecule has 592 valence electrons. The number of anilines is 6. The van der Waals surface area contributed by atoms with Crippen LogP contribution in [0.4, 0.5) is 34.1 Å². The third kappa shape index (κ3) is 10.4. The van der Waals surface area contributed by atoms with E-state index in [1.807, 2.05) is 0 Å². The van der Waals surface area contributed by atoms with E-state index < -0.39 is 16.2 Å². The van der Waals surface area contributed by atoms with Crippen molar-refractivity contribution in [2.45, 2.75) is 16.2 Å². The molecule has 0 atom stereocenters. The van der Waals surface area contributed by atoms with E-state index >= 15 is 0 Å². The summed E-state index contributed by atoms with van der Waals surface area (Å²) in [6.45, 7) is 0. The van der Waals surface area contributed by atoms with Crippen LogP contribution in [0, 0.1) is 0 Å². The molecule has 0 saturated heterocycles. The fraction of sp³-hybridized carbons (Fsp3) is 0.0244. The minimum Gasteiger partial charge on any atom is -0.457 e. The van der Waals surface area contributed by atoms with Gasteiger partial charge in [-0.05, 0) is 230 Å². The summed E-state index contributed by atoms with van der Waals surface area (Å²) in [5, 5.41) is 0. The zero-order valence-electron chi connectivity index (χ0n) is 69.2. The van der Waals surface area contributed by atoms with Crippen molar-refractivity contribution in [3.05, 3.63) is 540 Å². The standard InChI is InChI=1S/C123H78N2O2/c1-5-35-79(36-6-1)87-43-13-17-47-91(87)83-67-71-109-105(75-83)122(99-55-25-29-63-115(99)126-116-64-30-26-56-100(116)122)106-76-84(92-48-18-14-44-88(92)80-37-7-2-8-38-80)68-72-110(106)124(109)113-61-33-59-103-119(113)95-51-21-23-53-97(95)121(103)98-54-24-22-52-96(98)120-104(121)60-34-62-114(120)125-111-73-69-85(93-49-19-15-45-89(93)81-39-9-3-10-40-81)77-107(111)123(101-57-27-31-65-117(101)127-118-66-32-28-58-102(118)123)108-78-86(70-74-112(108)125)94-50-20-16-46-90(94)82-41-11-4-12-42-82/h1-78H. The van der Waals surface area contributed by atoms with Gasteiger partial charge in [-0.1, -0.05) is 388 Å². The Morgan fingerprint density at radius 3 is 0.606 bits per heavy atom. The second-order valence-corrected chi connectivity index (χ2v) is 34.2. The first-order valence-electron chi connectivity index (χ1n) is 44.0. The molecular weight excluding hydrogens is 1540 g/mol. The van der Waals surface area contributed by atoms with Gasteiger partial charge in [0.1, 0.15) is 23.0 Å². The zero-order valence-corrected chi connectivity index (χ0v) is 69.2. The Morgan fingerprint density at radius 1 is 0.134 bits per heavy atom. The van der Waals surface area contributed by atoms with E-state index in [0.29, 0.717) is 0 Å². The van der Waals surface area contributed by atoms with Crippen molar-refractivity contribution in [2.24, 2.45) is 0 Å². The monoisotopic (exact) mass is 1610 g/mol. The van der Waals surface area contributed by atoms with Gasteiger partial charge in [0.05, 0.1) is 50.4 Å². The molecule has 20 aromatic rings. The van der Waals surface area contributed by atoms with Crippen molar-refractivity contribution in [2.75, 3.05) is 9.80 Å². The first-order valence-corrected chi connectivity index (χ1v) is 44.0. The maximum atomic E-state index is 7.23. The van der Waals surface area contributed by atoms with Crippen molar-refractivity contribution in [3.8, 4) is 134 Å². The summed E-state index contributed by atoms with van der Waals surface area (Å²) in [4.78, 5) is 5.29. The van der Waals surface area contributed by atoms with Crippen LogP contribution in [0.25, 0.3) is 111 Å². The van der Waals surface area contributed by atoms with Gasteiger partial charge < -0.3 is 19.3 Å². The lowest BCUT2D eigenvalue weighted by molar-refractivity contribution is 0.434. The van der Waals surface area contributed by atoms with Crippen LogP contribution in [0.1, 0.15) is 66.8 Å². The Bertz CT molecular complexity index is 7090. The lowest BCUT2D eigenvalue weighted by atomic mass is 9.60. The molecule has 0 N–H and O–H groups in total. The van der Waals surface area contributed by atoms with Crippen LogP contribution in [-0.4, -0.2) is 0 Å². The molecule has 26 rings (SSSR count). The molecule has 0 fully saturated rings. The van der Waals surface area contributed by atoms with Crippen LogP contribution in [-0.2, 0) is 16.2 Å². The highest BCUT2D eigenvalue weighted by atomic mass is 16.5. The smallest absolute Gasteiger partial charge is 0.132 e. The van der Waals surface area contributed by atoms with E-state index in [4.69, 9.17) is 9.47 Å². The SMILES string of the molecule is c1ccc(-c2ccccc2-c2ccc3c(c2)C2(c4ccccc4Oc4ccccc42)c2cc(-c4ccccc4-c4ccccc4)ccc2N3c2cccc3c2-c2ccccc2C32c3ccccc3-c3c(N4c5ccc(-c6ccccc6-c6ccccc6)cc5C5(c6ccccc6Oc6ccccc65)c5cc(-c6ccccc6-c6ccccc6)ccc54)cccc32)cc1. The van der Waals surface area contributed by atoms with Gasteiger partial charge in [-0.25, -0.2) is 0 Å². The molecule has 6 aliphatic rings. The normalized spacial score (nSPS) is 14.0. The Kier molecular flexibility index (Phi) is 16.1. The Labute approximate surface area is 738 Å². The van der Waals surface area contributed by atoms with Crippen LogP contribution in [0.3, 0.4) is 0 Å². The number of hydrogen-bond donors (Lipinski definition) is 0. The first kappa shape index (κ1) is 72.3. The van der Waals surface area contributed by atoms with Crippen molar-refractivity contribution in [1.82, 2.24) is 0 Å². The number of para-hydroxylation sites is 4. The van der Waals surface area contributed by atoms with Gasteiger partial charge in [0.15, 0.2) is 0 Å². The predicted octanol–water partition coefficient (Wildman–Crippen LogP) is 31.9. The lowest BCUT2D eigenvalue weighted by Gasteiger charge is -2.49. The predicted molar refractivity (Wildman–Crippen MR) is 519 cm³/mol. The van der Waals surface area contributed by atoms with Gasteiger partial charge >= 0.3 is 0 Å². The zero-order chi connectivity index (χ0) is 83.5. The number of rotatable bonds is 10. The van der Waals surface area contributed by atoms with E-state index in [0.717, 1.165) is 168 Å². The van der Waals surface area contributed by atoms with E-state index in [1.54, 1.807) is 0 Å². The fourth-order valence-electron chi connectivity index (χ4n) is 23.0. The summed E-state index contributed by atoms with van der Waals surface area (Å²) in [5.74, 6) is 3.30. The van der Waals surface area contributed by atoms with Crippen LogP contribution in [0.15, 0.2) is 473 Å². The third-order valence-corrected chi connectivity index (χ3v) is 28.0. The Balaban J connectivity index is 0.742. The van der Waals surface area contributed by atoms with E-state index in [9.17, 15) is 0 Å². The van der Waals surface area contributed by atoms with Crippen molar-refractivity contribution < 1.29 is 9.47 Å². The van der Waals surface area contributed by atoms with E-state index in [-0.39, 0.29) is 0 Å². The molecule has 4 heterocycles. The van der Waals surface area contributed by atoms with Gasteiger partial charge in [0.25, 0.3) is 0 Å². The topological polar surface area (TPSA) is 24.9 Å². The minimum absolute atomic E-state index is 0.824. The number of fused-ring (bicyclic) bond motifs is 26. The molecule has 0 bridgehead atoms. The average molecular weight is 1620 g/mol. The largest absolute Gasteiger partial charge is 0.457 e. The number of hydrogen-bond acceptors (Lipinski definition) is 4. The highest BCUT2D eigenvalue weighted by Crippen LogP contribution is 2.72. The molecule has 4 nitrogen and oxygen atoms in total. The fourth-order valence-corrected chi connectivity index (χ4v) is 23.0. The van der Waals surface area contributed by atoms with E-state index in [2.05, 4.69) is 483 Å². The summed E-state index contributed by atoms with van der Waals surface area (Å²) < 4.78 is 14.5. The van der Waals surface area contributed by atoms with Gasteiger partial charge in [0.2, 0.25) is 0 Å². The number of ether oxygens (including phenoxy) is 2. The van der Waals surface area contributed by atoms with Crippen molar-refractivity contribution >= 4 is 34.1 Å². The molecule has 127 heavy (non-hydrogen) atoms. The molecule has 4 aliphatic heterocycles. The molecule has 0 saturated carbocycles. The summed E-state index contributed by atoms with van der Waals surface area (Å²) >= 11 is 0. The molecule has 2 aliphatic carbocycles. The highest BCUT2D eigenvalue weighted by Gasteiger charge is 2.58. The first-order chi connectivity index (χ1) is 63.0. The highest BCUT2D eigenvalue weighted by molar-refractivity contribution is 6.08. The lowest BCUT2D eigenvalue weighted by Crippen LogP contribution is -2.40. The summed E-state index contributed by atoms with van der Waals surface area (Å²) in [5.41, 5.74) is 40.7. The van der Waals surface area contributed by atoms with Crippen LogP contribution < -0.4 is 19.3 Å². The molecule has 0 unspecified atom stereocenters. The molecule has 4 heteroatoms. The van der Waals surface area contributed by atoms with Gasteiger partial charge in [0, 0.05) is 33.4 Å². The molecule has 20 aromatic carbocycles. The Morgan fingerprint density at radius 2 is 0.339 bits per heavy atom. The Hall–Kier alpha value is -16.4. The minimum atomic E-state index is -0.940. The molecule has 0 radical (unpaired) electrons. The summed E-state index contributed by atoms with van der Waals surface area (Å²) in [6.07, 6.45) is 0. The summed E-state index contributed by atoms with van der Waals surface area (Å²) in [6, 6.07) is 177. The maximum Gasteiger partial charge on any atom is 0.132 e. The number of nitrogens with zero attached hydrogens (tertiary/aromatic N) is 2. The van der Waals surface area contributed by atoms with Gasteiger partial charge in [-0.15, -0.1) is 0 Å². The van der Waals surface area contributed by atoms with Crippen molar-refractivity contribution in [3.63, 3.8) is 0 Å². The molecule has 0 amide bonds.